The average molecular weight is 270 g/mol. The van der Waals surface area contributed by atoms with Gasteiger partial charge in [0.1, 0.15) is 12.4 Å². The number of carbonyl (C=O) groups excluding carboxylic acids is 1. The van der Waals surface area contributed by atoms with E-state index in [2.05, 4.69) is 10.8 Å². The van der Waals surface area contributed by atoms with Crippen molar-refractivity contribution in [3.8, 4) is 5.75 Å². The van der Waals surface area contributed by atoms with Crippen molar-refractivity contribution < 1.29 is 14.3 Å². The highest BCUT2D eigenvalue weighted by Crippen LogP contribution is 2.16. The lowest BCUT2D eigenvalue weighted by Gasteiger charge is -2.08. The molecule has 0 saturated carbocycles. The van der Waals surface area contributed by atoms with Gasteiger partial charge in [-0.25, -0.2) is 0 Å². The maximum Gasteiger partial charge on any atom is 0.293 e. The van der Waals surface area contributed by atoms with Crippen molar-refractivity contribution in [2.45, 2.75) is 19.4 Å². The summed E-state index contributed by atoms with van der Waals surface area (Å²) in [6.07, 6.45) is 1.69. The van der Waals surface area contributed by atoms with E-state index in [1.54, 1.807) is 0 Å². The molecule has 2 aromatic rings. The van der Waals surface area contributed by atoms with E-state index in [0.29, 0.717) is 19.7 Å². The first kappa shape index (κ1) is 14.1. The minimum Gasteiger partial charge on any atom is -0.489 e. The van der Waals surface area contributed by atoms with Crippen LogP contribution in [-0.4, -0.2) is 13.1 Å². The Bertz CT molecular complexity index is 523. The lowest BCUT2D eigenvalue weighted by molar-refractivity contribution is -0.128. The fourth-order valence-electron chi connectivity index (χ4n) is 1.94. The third-order valence-electron chi connectivity index (χ3n) is 2.94. The van der Waals surface area contributed by atoms with Gasteiger partial charge in [0.25, 0.3) is 6.47 Å². The molecule has 104 valence electrons. The number of hydrogen-bond acceptors (Lipinski definition) is 3. The number of aryl methyl sites for hydroxylation is 1. The van der Waals surface area contributed by atoms with Crippen LogP contribution in [0.25, 0.3) is 0 Å². The van der Waals surface area contributed by atoms with Crippen molar-refractivity contribution in [3.63, 3.8) is 0 Å². The van der Waals surface area contributed by atoms with Crippen LogP contribution < -0.4 is 4.74 Å². The first-order valence-corrected chi connectivity index (χ1v) is 6.69. The molecule has 0 aliphatic carbocycles. The molecule has 0 spiro atoms. The molecule has 0 aromatic heterocycles. The summed E-state index contributed by atoms with van der Waals surface area (Å²) >= 11 is 0. The predicted octanol–water partition coefficient (Wildman–Crippen LogP) is 3.37. The number of carbonyl (C=O) groups is 1. The quantitative estimate of drug-likeness (QED) is 0.545. The van der Waals surface area contributed by atoms with Crippen molar-refractivity contribution in [1.29, 1.82) is 0 Å². The second-order valence-electron chi connectivity index (χ2n) is 4.49. The lowest BCUT2D eigenvalue weighted by atomic mass is 10.1. The van der Waals surface area contributed by atoms with E-state index >= 15 is 0 Å². The van der Waals surface area contributed by atoms with E-state index < -0.39 is 0 Å². The summed E-state index contributed by atoms with van der Waals surface area (Å²) in [5.74, 6) is 0.864. The second kappa shape index (κ2) is 8.00. The molecule has 0 N–H and O–H groups in total. The van der Waals surface area contributed by atoms with Gasteiger partial charge in [0.05, 0.1) is 6.61 Å². The molecule has 0 aliphatic heterocycles. The average Bonchev–Trinajstić information content (AvgIpc) is 2.51. The molecule has 20 heavy (non-hydrogen) atoms. The summed E-state index contributed by atoms with van der Waals surface area (Å²) in [7, 11) is 0. The Balaban J connectivity index is 1.84. The number of rotatable bonds is 8. The van der Waals surface area contributed by atoms with Gasteiger partial charge in [-0.05, 0) is 36.1 Å². The molecule has 0 fully saturated rings. The van der Waals surface area contributed by atoms with E-state index in [1.807, 2.05) is 48.5 Å². The number of ether oxygens (including phenoxy) is 2. The molecule has 0 unspecified atom stereocenters. The summed E-state index contributed by atoms with van der Waals surface area (Å²) in [6, 6.07) is 18.1. The fraction of sp³-hybridized carbons (Fsp3) is 0.235. The third-order valence-corrected chi connectivity index (χ3v) is 2.94. The van der Waals surface area contributed by atoms with Gasteiger partial charge in [0, 0.05) is 0 Å². The molecule has 3 heteroatoms. The van der Waals surface area contributed by atoms with Crippen LogP contribution in [0.4, 0.5) is 0 Å². The minimum atomic E-state index is 0.457. The Labute approximate surface area is 119 Å². The van der Waals surface area contributed by atoms with Crippen LogP contribution in [0.3, 0.4) is 0 Å². The highest BCUT2D eigenvalue weighted by atomic mass is 16.5. The van der Waals surface area contributed by atoms with Gasteiger partial charge in [0.2, 0.25) is 0 Å². The molecule has 0 heterocycles. The SMILES string of the molecule is O=COCCCc1cccc(OCc2ccccc2)c1. The maximum absolute atomic E-state index is 10.0. The molecule has 2 aromatic carbocycles. The summed E-state index contributed by atoms with van der Waals surface area (Å²) < 4.78 is 10.5. The lowest BCUT2D eigenvalue weighted by Crippen LogP contribution is -1.97. The number of hydrogen-bond donors (Lipinski definition) is 0. The highest BCUT2D eigenvalue weighted by Gasteiger charge is 1.99. The van der Waals surface area contributed by atoms with E-state index in [1.165, 1.54) is 5.56 Å². The zero-order chi connectivity index (χ0) is 14.0. The van der Waals surface area contributed by atoms with Crippen LogP contribution in [0.2, 0.25) is 0 Å². The summed E-state index contributed by atoms with van der Waals surface area (Å²) in [4.78, 5) is 10.0. The zero-order valence-corrected chi connectivity index (χ0v) is 11.3. The normalized spacial score (nSPS) is 10.0. The van der Waals surface area contributed by atoms with Crippen molar-refractivity contribution in [2.24, 2.45) is 0 Å². The van der Waals surface area contributed by atoms with Crippen LogP contribution in [0.1, 0.15) is 17.5 Å². The van der Waals surface area contributed by atoms with Crippen LogP contribution >= 0.6 is 0 Å². The summed E-state index contributed by atoms with van der Waals surface area (Å²) in [5, 5.41) is 0. The van der Waals surface area contributed by atoms with Crippen LogP contribution in [0, 0.1) is 0 Å². The first-order valence-electron chi connectivity index (χ1n) is 6.69. The Morgan fingerprint density at radius 3 is 2.55 bits per heavy atom. The molecule has 0 bridgehead atoms. The van der Waals surface area contributed by atoms with E-state index in [0.717, 1.165) is 24.2 Å². The van der Waals surface area contributed by atoms with Gasteiger partial charge in [0.15, 0.2) is 0 Å². The van der Waals surface area contributed by atoms with Crippen LogP contribution in [0.15, 0.2) is 54.6 Å². The van der Waals surface area contributed by atoms with Crippen LogP contribution in [-0.2, 0) is 22.6 Å². The van der Waals surface area contributed by atoms with Crippen molar-refractivity contribution in [1.82, 2.24) is 0 Å². The molecule has 3 nitrogen and oxygen atoms in total. The van der Waals surface area contributed by atoms with Gasteiger partial charge in [-0.1, -0.05) is 42.5 Å². The van der Waals surface area contributed by atoms with Gasteiger partial charge in [-0.15, -0.1) is 0 Å². The Morgan fingerprint density at radius 1 is 0.950 bits per heavy atom. The molecule has 0 radical (unpaired) electrons. The number of benzene rings is 2. The first-order chi connectivity index (χ1) is 9.88. The monoisotopic (exact) mass is 270 g/mol. The molecular weight excluding hydrogens is 252 g/mol. The van der Waals surface area contributed by atoms with Gasteiger partial charge in [-0.2, -0.15) is 0 Å². The van der Waals surface area contributed by atoms with Crippen molar-refractivity contribution >= 4 is 6.47 Å². The Kier molecular flexibility index (Phi) is 5.65. The van der Waals surface area contributed by atoms with Gasteiger partial charge < -0.3 is 9.47 Å². The largest absolute Gasteiger partial charge is 0.489 e. The molecule has 0 amide bonds. The van der Waals surface area contributed by atoms with Crippen molar-refractivity contribution in [3.05, 3.63) is 65.7 Å². The maximum atomic E-state index is 10.0. The van der Waals surface area contributed by atoms with Crippen molar-refractivity contribution in [2.75, 3.05) is 6.61 Å². The molecule has 2 rings (SSSR count). The molecular formula is C17H18O3. The standard InChI is InChI=1S/C17H18O3/c18-14-19-11-5-9-15-8-4-10-17(12-15)20-13-16-6-2-1-3-7-16/h1-4,6-8,10,12,14H,5,9,11,13H2. The molecule has 0 saturated heterocycles. The Morgan fingerprint density at radius 2 is 1.75 bits per heavy atom. The van der Waals surface area contributed by atoms with Gasteiger partial charge in [-0.3, -0.25) is 4.79 Å². The fourth-order valence-corrected chi connectivity index (χ4v) is 1.94. The smallest absolute Gasteiger partial charge is 0.293 e. The van der Waals surface area contributed by atoms with Gasteiger partial charge >= 0.3 is 0 Å². The van der Waals surface area contributed by atoms with Crippen LogP contribution in [0.5, 0.6) is 5.75 Å². The van der Waals surface area contributed by atoms with E-state index in [4.69, 9.17) is 4.74 Å². The Hall–Kier alpha value is -2.29. The summed E-state index contributed by atoms with van der Waals surface area (Å²) in [5.41, 5.74) is 2.34. The summed E-state index contributed by atoms with van der Waals surface area (Å²) in [6.45, 7) is 1.51. The molecule has 0 atom stereocenters. The highest BCUT2D eigenvalue weighted by molar-refractivity contribution is 5.36. The minimum absolute atomic E-state index is 0.457. The van der Waals surface area contributed by atoms with E-state index in [9.17, 15) is 4.79 Å². The second-order valence-corrected chi connectivity index (χ2v) is 4.49. The zero-order valence-electron chi connectivity index (χ0n) is 11.3. The van der Waals surface area contributed by atoms with E-state index in [-0.39, 0.29) is 0 Å². The predicted molar refractivity (Wildman–Crippen MR) is 77.6 cm³/mol. The topological polar surface area (TPSA) is 35.5 Å². The third kappa shape index (κ3) is 4.76. The molecule has 0 aliphatic rings.